The summed E-state index contributed by atoms with van der Waals surface area (Å²) in [6, 6.07) is 4.50. The van der Waals surface area contributed by atoms with Crippen LogP contribution in [-0.2, 0) is 10.1 Å². The lowest BCUT2D eigenvalue weighted by Crippen LogP contribution is -2.46. The maximum absolute atomic E-state index is 11.6. The first-order valence-corrected chi connectivity index (χ1v) is 11.7. The van der Waals surface area contributed by atoms with Gasteiger partial charge in [-0.2, -0.15) is 8.42 Å². The van der Waals surface area contributed by atoms with Crippen LogP contribution in [-0.4, -0.2) is 70.8 Å². The van der Waals surface area contributed by atoms with E-state index in [1.165, 1.54) is 12.1 Å². The van der Waals surface area contributed by atoms with Gasteiger partial charge in [0, 0.05) is 24.7 Å². The Labute approximate surface area is 187 Å². The molecule has 3 N–H and O–H groups in total. The number of imidazole rings is 1. The number of hydrogen-bond acceptors (Lipinski definition) is 6. The normalized spacial score (nSPS) is 15.5. The van der Waals surface area contributed by atoms with Crippen molar-refractivity contribution in [1.82, 2.24) is 20.2 Å². The first-order chi connectivity index (χ1) is 15.3. The lowest BCUT2D eigenvalue weighted by atomic mass is 10.0. The molecule has 10 heteroatoms. The fraction of sp³-hybridized carbons (Fsp3) is 0.318. The molecule has 2 aromatic rings. The second-order valence-electron chi connectivity index (χ2n) is 7.70. The Morgan fingerprint density at radius 3 is 3.00 bits per heavy atom. The van der Waals surface area contributed by atoms with E-state index in [0.717, 1.165) is 35.9 Å². The van der Waals surface area contributed by atoms with Crippen LogP contribution in [0.1, 0.15) is 37.1 Å². The number of aromatic amines is 1. The van der Waals surface area contributed by atoms with Gasteiger partial charge in [-0.1, -0.05) is 18.7 Å². The van der Waals surface area contributed by atoms with Crippen LogP contribution in [0.5, 0.6) is 0 Å². The van der Waals surface area contributed by atoms with Crippen LogP contribution >= 0.6 is 0 Å². The van der Waals surface area contributed by atoms with Gasteiger partial charge < -0.3 is 15.2 Å². The molecule has 0 fully saturated rings. The first-order valence-electron chi connectivity index (χ1n) is 10.3. The summed E-state index contributed by atoms with van der Waals surface area (Å²) in [6.45, 7) is 9.96. The fourth-order valence-electron chi connectivity index (χ4n) is 3.79. The largest absolute Gasteiger partial charge is 0.376 e. The summed E-state index contributed by atoms with van der Waals surface area (Å²) in [5.41, 5.74) is 8.88. The number of rotatable bonds is 7. The minimum atomic E-state index is -4.30. The molecule has 1 aromatic carbocycles. The second kappa shape index (κ2) is 8.61. The zero-order chi connectivity index (χ0) is 22.9. The molecule has 9 nitrogen and oxygen atoms in total. The zero-order valence-electron chi connectivity index (χ0n) is 18.0. The van der Waals surface area contributed by atoms with Crippen molar-refractivity contribution in [2.24, 2.45) is 4.99 Å². The smallest absolute Gasteiger partial charge is 0.353 e. The number of aromatic nitrogens is 2. The Bertz CT molecular complexity index is 1310. The van der Waals surface area contributed by atoms with Crippen LogP contribution in [0.3, 0.4) is 0 Å². The van der Waals surface area contributed by atoms with Crippen LogP contribution in [0, 0.1) is 0 Å². The van der Waals surface area contributed by atoms with E-state index in [-0.39, 0.29) is 10.9 Å². The van der Waals surface area contributed by atoms with E-state index in [0.29, 0.717) is 24.5 Å². The summed E-state index contributed by atoms with van der Waals surface area (Å²) in [6.07, 6.45) is 4.30. The monoisotopic (exact) mass is 453 g/mol. The number of nitrogens with zero attached hydrogens (tertiary/aromatic N) is 4. The molecular formula is C22H25N6O3S+. The van der Waals surface area contributed by atoms with Crippen LogP contribution < -0.4 is 5.32 Å². The third-order valence-corrected chi connectivity index (χ3v) is 6.24. The molecule has 2 heterocycles. The third kappa shape index (κ3) is 4.17. The van der Waals surface area contributed by atoms with Gasteiger partial charge in [-0.25, -0.2) is 9.57 Å². The Hall–Kier alpha value is -3.42. The van der Waals surface area contributed by atoms with Crippen molar-refractivity contribution in [1.29, 1.82) is 0 Å². The highest BCUT2D eigenvalue weighted by Gasteiger charge is 2.31. The van der Waals surface area contributed by atoms with Gasteiger partial charge >= 0.3 is 5.82 Å². The number of hydrogen-bond donors (Lipinski definition) is 3. The van der Waals surface area contributed by atoms with Gasteiger partial charge in [0.2, 0.25) is 6.33 Å². The van der Waals surface area contributed by atoms with E-state index in [9.17, 15) is 13.0 Å². The maximum Gasteiger partial charge on any atom is 0.353 e. The van der Waals surface area contributed by atoms with Gasteiger partial charge in [0.15, 0.2) is 18.2 Å². The predicted molar refractivity (Wildman–Crippen MR) is 123 cm³/mol. The van der Waals surface area contributed by atoms with Gasteiger partial charge in [-0.15, -0.1) is 0 Å². The molecule has 0 saturated heterocycles. The van der Waals surface area contributed by atoms with Gasteiger partial charge in [-0.05, 0) is 47.8 Å². The van der Waals surface area contributed by atoms with Gasteiger partial charge in [0.25, 0.3) is 10.1 Å². The molecule has 1 atom stereocenters. The second-order valence-corrected chi connectivity index (χ2v) is 9.12. The molecule has 32 heavy (non-hydrogen) atoms. The number of benzene rings is 1. The molecule has 1 unspecified atom stereocenters. The van der Waals surface area contributed by atoms with E-state index in [1.54, 1.807) is 23.0 Å². The van der Waals surface area contributed by atoms with Crippen molar-refractivity contribution >= 4 is 40.3 Å². The highest BCUT2D eigenvalue weighted by Crippen LogP contribution is 2.25. The molecule has 1 aliphatic heterocycles. The molecular weight excluding hydrogens is 428 g/mol. The van der Waals surface area contributed by atoms with E-state index < -0.39 is 10.1 Å². The molecule has 0 spiro atoms. The van der Waals surface area contributed by atoms with Crippen molar-refractivity contribution in [3.8, 4) is 0 Å². The fourth-order valence-corrected chi connectivity index (χ4v) is 4.30. The van der Waals surface area contributed by atoms with Crippen LogP contribution in [0.2, 0.25) is 0 Å². The van der Waals surface area contributed by atoms with Crippen molar-refractivity contribution in [3.63, 3.8) is 0 Å². The molecule has 1 aliphatic carbocycles. The summed E-state index contributed by atoms with van der Waals surface area (Å²) in [4.78, 5) is 14.3. The minimum Gasteiger partial charge on any atom is -0.376 e. The Morgan fingerprint density at radius 2 is 2.25 bits per heavy atom. The van der Waals surface area contributed by atoms with Crippen molar-refractivity contribution in [3.05, 3.63) is 52.8 Å². The summed E-state index contributed by atoms with van der Waals surface area (Å²) < 4.78 is 34.3. The van der Waals surface area contributed by atoms with Gasteiger partial charge in [0.1, 0.15) is 0 Å². The average molecular weight is 454 g/mol. The van der Waals surface area contributed by atoms with Crippen molar-refractivity contribution < 1.29 is 17.5 Å². The number of aliphatic imine (C=N–C) groups is 1. The van der Waals surface area contributed by atoms with E-state index in [1.807, 2.05) is 0 Å². The lowest BCUT2D eigenvalue weighted by Gasteiger charge is -2.33. The highest BCUT2D eigenvalue weighted by molar-refractivity contribution is 7.85. The lowest BCUT2D eigenvalue weighted by molar-refractivity contribution is -0.434. The van der Waals surface area contributed by atoms with E-state index in [2.05, 4.69) is 52.2 Å². The predicted octanol–water partition coefficient (Wildman–Crippen LogP) is 2.23. The quantitative estimate of drug-likeness (QED) is 0.337. The summed E-state index contributed by atoms with van der Waals surface area (Å²) in [5.74, 6) is 1.61. The van der Waals surface area contributed by atoms with Crippen molar-refractivity contribution in [2.75, 3.05) is 19.8 Å². The van der Waals surface area contributed by atoms with E-state index in [4.69, 9.17) is 4.99 Å². The molecule has 0 saturated carbocycles. The van der Waals surface area contributed by atoms with Crippen LogP contribution in [0.4, 0.5) is 5.82 Å². The summed E-state index contributed by atoms with van der Waals surface area (Å²) in [7, 11) is -4.30. The number of fused-ring (bicyclic) bond motifs is 2. The van der Waals surface area contributed by atoms with Gasteiger partial charge in [-0.3, -0.25) is 4.55 Å². The van der Waals surface area contributed by atoms with Crippen molar-refractivity contribution in [2.45, 2.75) is 31.2 Å². The number of amidine groups is 1. The molecule has 2 aliphatic rings. The number of H-pyrrole nitrogens is 1. The van der Waals surface area contributed by atoms with Crippen LogP contribution in [0.25, 0.3) is 11.8 Å². The summed E-state index contributed by atoms with van der Waals surface area (Å²) in [5, 5.41) is 3.36. The topological polar surface area (TPSA) is 114 Å². The van der Waals surface area contributed by atoms with Crippen LogP contribution in [0.15, 0.2) is 45.9 Å². The zero-order valence-corrected chi connectivity index (χ0v) is 18.8. The molecule has 1 aromatic heterocycles. The standard InChI is InChI=1S/C22H24N6O3S/c1-4-10-28(22-20-21(25-13-24-20)27(3)14-26-22)15(2)12-23-19-7-5-6-16-8-9-17(11-18(16)19)32(29,30)31/h6,8-9,11,13,15,23H,3-4,10,12,14H2,1-2H3,(H-,24,25,29,30,31)/p+1. The highest BCUT2D eigenvalue weighted by atomic mass is 32.2. The average Bonchev–Trinajstić information content (AvgIpc) is 3.26. The SMILES string of the molecule is C=[N+]1CN=C(N(CCC)C(C)CNC2=C=C=Cc3ccc(S(=O)(=O)O)cc32)c2[nH]cnc21. The Balaban J connectivity index is 1.56. The maximum atomic E-state index is 11.6. The molecule has 0 radical (unpaired) electrons. The molecule has 4 rings (SSSR count). The molecule has 0 bridgehead atoms. The van der Waals surface area contributed by atoms with E-state index >= 15 is 0 Å². The van der Waals surface area contributed by atoms with Gasteiger partial charge in [0.05, 0.1) is 17.3 Å². The Kier molecular flexibility index (Phi) is 5.86. The number of nitrogens with one attached hydrogen (secondary N) is 2. The Morgan fingerprint density at radius 1 is 1.44 bits per heavy atom. The molecule has 166 valence electrons. The first kappa shape index (κ1) is 21.8. The third-order valence-electron chi connectivity index (χ3n) is 5.39. The molecule has 0 amide bonds. The minimum absolute atomic E-state index is 0.0506. The summed E-state index contributed by atoms with van der Waals surface area (Å²) >= 11 is 0.